The number of nitrogens with zero attached hydrogens (tertiary/aromatic N) is 3. The van der Waals surface area contributed by atoms with Crippen molar-refractivity contribution in [2.45, 2.75) is 62.5 Å². The van der Waals surface area contributed by atoms with Crippen LogP contribution in [0, 0.1) is 0 Å². The molecule has 1 atom stereocenters. The van der Waals surface area contributed by atoms with Gasteiger partial charge < -0.3 is 14.8 Å². The van der Waals surface area contributed by atoms with Crippen LogP contribution in [-0.4, -0.2) is 40.8 Å². The van der Waals surface area contributed by atoms with Gasteiger partial charge >= 0.3 is 0 Å². The Morgan fingerprint density at radius 1 is 1.18 bits per heavy atom. The third kappa shape index (κ3) is 4.18. The van der Waals surface area contributed by atoms with Crippen molar-refractivity contribution in [1.29, 1.82) is 0 Å². The lowest BCUT2D eigenvalue weighted by atomic mass is 9.68. The van der Waals surface area contributed by atoms with Crippen LogP contribution >= 0.6 is 0 Å². The first-order chi connectivity index (χ1) is 13.7. The van der Waals surface area contributed by atoms with Crippen molar-refractivity contribution in [3.63, 3.8) is 0 Å². The molecule has 150 valence electrons. The van der Waals surface area contributed by atoms with Gasteiger partial charge in [0, 0.05) is 36.7 Å². The van der Waals surface area contributed by atoms with Crippen molar-refractivity contribution in [3.8, 4) is 5.88 Å². The topological polar surface area (TPSA) is 69.2 Å². The predicted molar refractivity (Wildman–Crippen MR) is 107 cm³/mol. The largest absolute Gasteiger partial charge is 0.480 e. The van der Waals surface area contributed by atoms with E-state index in [4.69, 9.17) is 14.5 Å². The lowest BCUT2D eigenvalue weighted by molar-refractivity contribution is -0.104. The minimum Gasteiger partial charge on any atom is -0.480 e. The number of rotatable bonds is 7. The Hall–Kier alpha value is -2.05. The summed E-state index contributed by atoms with van der Waals surface area (Å²) in [5.41, 5.74) is 2.25. The highest BCUT2D eigenvalue weighted by Crippen LogP contribution is 2.49. The molecule has 1 N–H and O–H groups in total. The fourth-order valence-corrected chi connectivity index (χ4v) is 4.91. The molecule has 1 spiro atoms. The summed E-state index contributed by atoms with van der Waals surface area (Å²) >= 11 is 0. The molecule has 2 aliphatic rings. The highest BCUT2D eigenvalue weighted by molar-refractivity contribution is 5.20. The Kier molecular flexibility index (Phi) is 5.87. The summed E-state index contributed by atoms with van der Waals surface area (Å²) in [7, 11) is 1.61. The molecule has 1 aliphatic heterocycles. The van der Waals surface area contributed by atoms with E-state index in [1.807, 2.05) is 12.3 Å². The molecule has 6 nitrogen and oxygen atoms in total. The highest BCUT2D eigenvalue weighted by atomic mass is 16.5. The third-order valence-electron chi connectivity index (χ3n) is 6.33. The summed E-state index contributed by atoms with van der Waals surface area (Å²) < 4.78 is 11.5. The first-order valence-electron chi connectivity index (χ1n) is 10.3. The second kappa shape index (κ2) is 8.53. The maximum Gasteiger partial charge on any atom is 0.232 e. The van der Waals surface area contributed by atoms with Gasteiger partial charge in [0.25, 0.3) is 0 Å². The highest BCUT2D eigenvalue weighted by Gasteiger charge is 2.48. The number of nitrogens with one attached hydrogen (secondary N) is 1. The maximum absolute atomic E-state index is 6.32. The molecule has 0 aromatic carbocycles. The molecule has 3 heterocycles. The van der Waals surface area contributed by atoms with Gasteiger partial charge in [0.2, 0.25) is 5.88 Å². The number of pyridine rings is 1. The first-order valence-corrected chi connectivity index (χ1v) is 10.3. The number of hydrogen-bond acceptors (Lipinski definition) is 6. The van der Waals surface area contributed by atoms with E-state index in [1.165, 1.54) is 31.4 Å². The van der Waals surface area contributed by atoms with Crippen LogP contribution in [0.4, 0.5) is 0 Å². The minimum absolute atomic E-state index is 0.0635. The van der Waals surface area contributed by atoms with Crippen LogP contribution in [-0.2, 0) is 16.7 Å². The number of ether oxygens (including phenoxy) is 2. The Morgan fingerprint density at radius 3 is 2.86 bits per heavy atom. The molecule has 1 saturated heterocycles. The fraction of sp³-hybridized carbons (Fsp3) is 0.591. The lowest BCUT2D eigenvalue weighted by Gasteiger charge is -2.46. The molecule has 2 aromatic heterocycles. The van der Waals surface area contributed by atoms with Crippen LogP contribution in [0.3, 0.4) is 0 Å². The molecule has 2 fully saturated rings. The summed E-state index contributed by atoms with van der Waals surface area (Å²) in [6.07, 6.45) is 13.4. The Bertz CT molecular complexity index is 764. The van der Waals surface area contributed by atoms with Crippen LogP contribution in [0.2, 0.25) is 0 Å². The SMILES string of the molecule is COc1cncc(CNCCC2(c3ccccn3)CCOC3(CCCC3)C2)n1. The van der Waals surface area contributed by atoms with Crippen molar-refractivity contribution in [2.24, 2.45) is 0 Å². The average Bonchev–Trinajstić information content (AvgIpc) is 3.19. The number of methoxy groups -OCH3 is 1. The zero-order valence-electron chi connectivity index (χ0n) is 16.7. The van der Waals surface area contributed by atoms with Gasteiger partial charge in [-0.1, -0.05) is 18.9 Å². The van der Waals surface area contributed by atoms with Crippen LogP contribution in [0.5, 0.6) is 5.88 Å². The van der Waals surface area contributed by atoms with E-state index in [0.717, 1.165) is 38.1 Å². The van der Waals surface area contributed by atoms with Gasteiger partial charge in [0.15, 0.2) is 0 Å². The van der Waals surface area contributed by atoms with Crippen LogP contribution < -0.4 is 10.1 Å². The zero-order valence-corrected chi connectivity index (χ0v) is 16.7. The summed E-state index contributed by atoms with van der Waals surface area (Å²) in [5, 5.41) is 3.55. The van der Waals surface area contributed by atoms with Gasteiger partial charge in [0.05, 0.1) is 24.6 Å². The van der Waals surface area contributed by atoms with E-state index < -0.39 is 0 Å². The second-order valence-electron chi connectivity index (χ2n) is 8.14. The number of aromatic nitrogens is 3. The molecule has 1 aliphatic carbocycles. The summed E-state index contributed by atoms with van der Waals surface area (Å²) in [4.78, 5) is 13.4. The monoisotopic (exact) mass is 382 g/mol. The van der Waals surface area contributed by atoms with Gasteiger partial charge in [-0.25, -0.2) is 4.98 Å². The zero-order chi connectivity index (χ0) is 19.3. The molecule has 6 heteroatoms. The van der Waals surface area contributed by atoms with Crippen LogP contribution in [0.25, 0.3) is 0 Å². The normalized spacial score (nSPS) is 23.8. The molecule has 0 bridgehead atoms. The fourth-order valence-electron chi connectivity index (χ4n) is 4.91. The van der Waals surface area contributed by atoms with Gasteiger partial charge in [-0.05, 0) is 50.8 Å². The predicted octanol–water partition coefficient (Wildman–Crippen LogP) is 3.42. The maximum atomic E-state index is 6.32. The van der Waals surface area contributed by atoms with Gasteiger partial charge in [-0.15, -0.1) is 0 Å². The second-order valence-corrected chi connectivity index (χ2v) is 8.14. The molecule has 0 radical (unpaired) electrons. The molecular formula is C22H30N4O2. The van der Waals surface area contributed by atoms with E-state index in [0.29, 0.717) is 12.4 Å². The van der Waals surface area contributed by atoms with Crippen molar-refractivity contribution in [1.82, 2.24) is 20.3 Å². The minimum atomic E-state index is 0.0635. The van der Waals surface area contributed by atoms with E-state index in [9.17, 15) is 0 Å². The molecule has 1 unspecified atom stereocenters. The molecule has 0 amide bonds. The lowest BCUT2D eigenvalue weighted by Crippen LogP contribution is -2.47. The van der Waals surface area contributed by atoms with Gasteiger partial charge in [0.1, 0.15) is 0 Å². The molecule has 28 heavy (non-hydrogen) atoms. The van der Waals surface area contributed by atoms with Crippen molar-refractivity contribution < 1.29 is 9.47 Å². The Morgan fingerprint density at radius 2 is 2.07 bits per heavy atom. The molecule has 2 aromatic rings. The summed E-state index contributed by atoms with van der Waals surface area (Å²) in [6, 6.07) is 6.31. The first kappa shape index (κ1) is 19.3. The van der Waals surface area contributed by atoms with Crippen LogP contribution in [0.15, 0.2) is 36.8 Å². The number of hydrogen-bond donors (Lipinski definition) is 1. The van der Waals surface area contributed by atoms with E-state index in [1.54, 1.807) is 19.5 Å². The van der Waals surface area contributed by atoms with Gasteiger partial charge in [-0.3, -0.25) is 9.97 Å². The van der Waals surface area contributed by atoms with Crippen molar-refractivity contribution in [3.05, 3.63) is 48.2 Å². The van der Waals surface area contributed by atoms with E-state index in [-0.39, 0.29) is 11.0 Å². The smallest absolute Gasteiger partial charge is 0.232 e. The Labute approximate surface area is 167 Å². The standard InChI is InChI=1S/C22H30N4O2/c1-27-20-16-24-15-18(26-20)14-23-12-9-21(19-6-2-5-11-25-19)10-13-28-22(17-21)7-3-4-8-22/h2,5-6,11,15-16,23H,3-4,7-10,12-14,17H2,1H3. The van der Waals surface area contributed by atoms with Crippen molar-refractivity contribution in [2.75, 3.05) is 20.3 Å². The summed E-state index contributed by atoms with van der Waals surface area (Å²) in [6.45, 7) is 2.42. The van der Waals surface area contributed by atoms with Gasteiger partial charge in [-0.2, -0.15) is 0 Å². The molecular weight excluding hydrogens is 352 g/mol. The quantitative estimate of drug-likeness (QED) is 0.740. The van der Waals surface area contributed by atoms with E-state index >= 15 is 0 Å². The van der Waals surface area contributed by atoms with E-state index in [2.05, 4.69) is 27.4 Å². The molecule has 4 rings (SSSR count). The summed E-state index contributed by atoms with van der Waals surface area (Å²) in [5.74, 6) is 0.553. The average molecular weight is 383 g/mol. The van der Waals surface area contributed by atoms with Crippen molar-refractivity contribution >= 4 is 0 Å². The van der Waals surface area contributed by atoms with Crippen LogP contribution in [0.1, 0.15) is 56.3 Å². The molecule has 1 saturated carbocycles. The Balaban J connectivity index is 1.44. The third-order valence-corrected chi connectivity index (χ3v) is 6.33.